The molecule has 2 aromatic heterocycles. The van der Waals surface area contributed by atoms with Crippen LogP contribution in [0, 0.1) is 6.92 Å². The summed E-state index contributed by atoms with van der Waals surface area (Å²) in [6.07, 6.45) is 1.97. The first-order valence-electron chi connectivity index (χ1n) is 4.97. The van der Waals surface area contributed by atoms with Gasteiger partial charge in [-0.05, 0) is 19.1 Å². The molecule has 0 atom stereocenters. The predicted octanol–water partition coefficient (Wildman–Crippen LogP) is 0.944. The van der Waals surface area contributed by atoms with Crippen LogP contribution < -0.4 is 0 Å². The van der Waals surface area contributed by atoms with E-state index in [-0.39, 0.29) is 12.2 Å². The first kappa shape index (κ1) is 10.5. The molecule has 0 N–H and O–H groups in total. The van der Waals surface area contributed by atoms with Crippen LogP contribution in [0.2, 0.25) is 0 Å². The van der Waals surface area contributed by atoms with Gasteiger partial charge in [-0.2, -0.15) is 0 Å². The Hall–Kier alpha value is -2.04. The third kappa shape index (κ3) is 2.31. The van der Waals surface area contributed by atoms with Gasteiger partial charge in [-0.3, -0.25) is 14.5 Å². The predicted molar refractivity (Wildman–Crippen MR) is 58.0 cm³/mol. The highest BCUT2D eigenvalue weighted by Crippen LogP contribution is 2.03. The normalized spacial score (nSPS) is 10.4. The van der Waals surface area contributed by atoms with E-state index in [0.29, 0.717) is 11.4 Å². The molecular formula is C11H12N4O. The summed E-state index contributed by atoms with van der Waals surface area (Å²) in [5.41, 5.74) is 1.98. The maximum atomic E-state index is 11.8. The second-order valence-electron chi connectivity index (χ2n) is 3.65. The number of hydrogen-bond acceptors (Lipinski definition) is 4. The van der Waals surface area contributed by atoms with Crippen molar-refractivity contribution in [3.63, 3.8) is 0 Å². The molecule has 0 aliphatic rings. The number of pyridine rings is 1. The van der Waals surface area contributed by atoms with Crippen molar-refractivity contribution in [3.8, 4) is 0 Å². The van der Waals surface area contributed by atoms with Gasteiger partial charge in [0.2, 0.25) is 0 Å². The van der Waals surface area contributed by atoms with Crippen molar-refractivity contribution in [3.05, 3.63) is 41.5 Å². The minimum atomic E-state index is -0.0378. The van der Waals surface area contributed by atoms with Crippen molar-refractivity contribution < 1.29 is 4.79 Å². The highest BCUT2D eigenvalue weighted by atomic mass is 16.1. The van der Waals surface area contributed by atoms with Crippen molar-refractivity contribution in [2.24, 2.45) is 7.05 Å². The maximum Gasteiger partial charge on any atom is 0.187 e. The molecule has 0 bridgehead atoms. The molecule has 0 saturated heterocycles. The van der Waals surface area contributed by atoms with E-state index >= 15 is 0 Å². The highest BCUT2D eigenvalue weighted by molar-refractivity contribution is 5.95. The third-order valence-corrected chi connectivity index (χ3v) is 2.17. The Kier molecular flexibility index (Phi) is 2.76. The standard InChI is InChI=1S/C11H12N4O/c1-8-4-3-5-10(12-8)11(16)6-9-7-15(2)14-13-9/h3-5,7H,6H2,1-2H3. The van der Waals surface area contributed by atoms with Crippen molar-refractivity contribution in [2.45, 2.75) is 13.3 Å². The molecule has 0 unspecified atom stereocenters. The van der Waals surface area contributed by atoms with Crippen LogP contribution in [0.5, 0.6) is 0 Å². The molecule has 5 heteroatoms. The zero-order chi connectivity index (χ0) is 11.5. The fourth-order valence-electron chi connectivity index (χ4n) is 1.43. The molecule has 0 radical (unpaired) electrons. The van der Waals surface area contributed by atoms with Gasteiger partial charge in [-0.15, -0.1) is 5.10 Å². The molecule has 5 nitrogen and oxygen atoms in total. The lowest BCUT2D eigenvalue weighted by molar-refractivity contribution is 0.0987. The number of carbonyl (C=O) groups excluding carboxylic acids is 1. The lowest BCUT2D eigenvalue weighted by Crippen LogP contribution is -2.06. The minimum Gasteiger partial charge on any atom is -0.292 e. The summed E-state index contributed by atoms with van der Waals surface area (Å²) >= 11 is 0. The number of rotatable bonds is 3. The molecule has 0 amide bonds. The van der Waals surface area contributed by atoms with Gasteiger partial charge in [-0.25, -0.2) is 0 Å². The van der Waals surface area contributed by atoms with Gasteiger partial charge >= 0.3 is 0 Å². The number of aryl methyl sites for hydroxylation is 2. The summed E-state index contributed by atoms with van der Waals surface area (Å²) in [7, 11) is 1.77. The van der Waals surface area contributed by atoms with Crippen LogP contribution in [0.4, 0.5) is 0 Å². The fraction of sp³-hybridized carbons (Fsp3) is 0.273. The van der Waals surface area contributed by atoms with Gasteiger partial charge in [0.1, 0.15) is 5.69 Å². The van der Waals surface area contributed by atoms with Crippen molar-refractivity contribution in [2.75, 3.05) is 0 Å². The lowest BCUT2D eigenvalue weighted by atomic mass is 10.1. The van der Waals surface area contributed by atoms with Crippen molar-refractivity contribution in [1.82, 2.24) is 20.0 Å². The second kappa shape index (κ2) is 4.22. The summed E-state index contributed by atoms with van der Waals surface area (Å²) in [5, 5.41) is 7.64. The van der Waals surface area contributed by atoms with E-state index < -0.39 is 0 Å². The van der Waals surface area contributed by atoms with E-state index in [4.69, 9.17) is 0 Å². The number of carbonyl (C=O) groups is 1. The average molecular weight is 216 g/mol. The monoisotopic (exact) mass is 216 g/mol. The van der Waals surface area contributed by atoms with E-state index in [1.54, 1.807) is 24.0 Å². The highest BCUT2D eigenvalue weighted by Gasteiger charge is 2.10. The van der Waals surface area contributed by atoms with E-state index in [0.717, 1.165) is 5.69 Å². The number of hydrogen-bond donors (Lipinski definition) is 0. The van der Waals surface area contributed by atoms with Gasteiger partial charge in [0.05, 0.1) is 12.1 Å². The van der Waals surface area contributed by atoms with E-state index in [9.17, 15) is 4.79 Å². The summed E-state index contributed by atoms with van der Waals surface area (Å²) in [6.45, 7) is 1.86. The Balaban J connectivity index is 2.14. The molecule has 2 rings (SSSR count). The van der Waals surface area contributed by atoms with Crippen molar-refractivity contribution >= 4 is 5.78 Å². The van der Waals surface area contributed by atoms with Gasteiger partial charge in [-0.1, -0.05) is 11.3 Å². The molecule has 0 spiro atoms. The molecule has 2 aromatic rings. The number of Topliss-reactive ketones (excluding diaryl/α,β-unsaturated/α-hetero) is 1. The Bertz CT molecular complexity index is 518. The topological polar surface area (TPSA) is 60.7 Å². The number of aromatic nitrogens is 4. The smallest absolute Gasteiger partial charge is 0.187 e. The zero-order valence-electron chi connectivity index (χ0n) is 9.21. The third-order valence-electron chi connectivity index (χ3n) is 2.17. The molecule has 0 aliphatic heterocycles. The molecule has 0 saturated carbocycles. The Labute approximate surface area is 93.1 Å². The first-order chi connectivity index (χ1) is 7.65. The molecule has 16 heavy (non-hydrogen) atoms. The van der Waals surface area contributed by atoms with Crippen molar-refractivity contribution in [1.29, 1.82) is 0 Å². The first-order valence-corrected chi connectivity index (χ1v) is 4.97. The van der Waals surface area contributed by atoms with Crippen LogP contribution in [0.25, 0.3) is 0 Å². The van der Waals surface area contributed by atoms with E-state index in [1.165, 1.54) is 0 Å². The van der Waals surface area contributed by atoms with Gasteiger partial charge in [0.25, 0.3) is 0 Å². The van der Waals surface area contributed by atoms with Crippen LogP contribution in [0.1, 0.15) is 21.9 Å². The zero-order valence-corrected chi connectivity index (χ0v) is 9.21. The largest absolute Gasteiger partial charge is 0.292 e. The fourth-order valence-corrected chi connectivity index (χ4v) is 1.43. The van der Waals surface area contributed by atoms with Crippen LogP contribution in [-0.4, -0.2) is 25.8 Å². The summed E-state index contributed by atoms with van der Waals surface area (Å²) in [5.74, 6) is -0.0378. The molecule has 0 aliphatic carbocycles. The van der Waals surface area contributed by atoms with Gasteiger partial charge in [0.15, 0.2) is 5.78 Å². The second-order valence-corrected chi connectivity index (χ2v) is 3.65. The summed E-state index contributed by atoms with van der Waals surface area (Å²) < 4.78 is 1.58. The SMILES string of the molecule is Cc1cccc(C(=O)Cc2cn(C)nn2)n1. The van der Waals surface area contributed by atoms with E-state index in [1.807, 2.05) is 19.1 Å². The quantitative estimate of drug-likeness (QED) is 0.716. The van der Waals surface area contributed by atoms with Gasteiger partial charge in [0, 0.05) is 18.9 Å². The molecule has 82 valence electrons. The molecule has 2 heterocycles. The summed E-state index contributed by atoms with van der Waals surface area (Å²) in [4.78, 5) is 16.0. The minimum absolute atomic E-state index is 0.0378. The van der Waals surface area contributed by atoms with Crippen LogP contribution in [-0.2, 0) is 13.5 Å². The Morgan fingerprint density at radius 3 is 2.88 bits per heavy atom. The lowest BCUT2D eigenvalue weighted by Gasteiger charge is -1.98. The maximum absolute atomic E-state index is 11.8. The van der Waals surface area contributed by atoms with Crippen LogP contribution in [0.15, 0.2) is 24.4 Å². The molecular weight excluding hydrogens is 204 g/mol. The Morgan fingerprint density at radius 1 is 1.44 bits per heavy atom. The number of nitrogens with zero attached hydrogens (tertiary/aromatic N) is 4. The van der Waals surface area contributed by atoms with Gasteiger partial charge < -0.3 is 0 Å². The Morgan fingerprint density at radius 2 is 2.25 bits per heavy atom. The summed E-state index contributed by atoms with van der Waals surface area (Å²) in [6, 6.07) is 5.40. The molecule has 0 fully saturated rings. The number of ketones is 1. The van der Waals surface area contributed by atoms with E-state index in [2.05, 4.69) is 15.3 Å². The van der Waals surface area contributed by atoms with Crippen LogP contribution >= 0.6 is 0 Å². The average Bonchev–Trinajstić information content (AvgIpc) is 2.64. The molecule has 0 aromatic carbocycles. The van der Waals surface area contributed by atoms with Crippen LogP contribution in [0.3, 0.4) is 0 Å².